The van der Waals surface area contributed by atoms with Gasteiger partial charge in [-0.25, -0.2) is 28.1 Å². The molecule has 24 heavy (non-hydrogen) atoms. The summed E-state index contributed by atoms with van der Waals surface area (Å²) in [6.45, 7) is 4.24. The smallest absolute Gasteiger partial charge is 0.336 e. The molecule has 1 heterocycles. The predicted molar refractivity (Wildman–Crippen MR) is 88.5 cm³/mol. The van der Waals surface area contributed by atoms with Gasteiger partial charge >= 0.3 is 17.1 Å². The fourth-order valence-corrected chi connectivity index (χ4v) is 2.67. The molecule has 1 aromatic rings. The van der Waals surface area contributed by atoms with Gasteiger partial charge in [-0.05, 0) is 40.0 Å². The fraction of sp³-hybridized carbons (Fsp3) is 0.800. The van der Waals surface area contributed by atoms with Crippen molar-refractivity contribution in [2.45, 2.75) is 58.2 Å². The lowest BCUT2D eigenvalue weighted by molar-refractivity contribution is 0.230. The van der Waals surface area contributed by atoms with Gasteiger partial charge in [-0.15, -0.1) is 0 Å². The quantitative estimate of drug-likeness (QED) is 0.527. The maximum Gasteiger partial charge on any atom is 0.336 e. The van der Waals surface area contributed by atoms with Crippen LogP contribution in [0.3, 0.4) is 0 Å². The van der Waals surface area contributed by atoms with E-state index in [9.17, 15) is 14.4 Å². The lowest BCUT2D eigenvalue weighted by Crippen LogP contribution is -2.56. The highest BCUT2D eigenvalue weighted by molar-refractivity contribution is 4.86. The van der Waals surface area contributed by atoms with E-state index in [0.717, 1.165) is 13.7 Å². The second kappa shape index (κ2) is 8.95. The molecule has 0 radical (unpaired) electrons. The molecule has 9 heteroatoms. The van der Waals surface area contributed by atoms with Crippen molar-refractivity contribution in [3.8, 4) is 0 Å². The summed E-state index contributed by atoms with van der Waals surface area (Å²) in [5.74, 6) is 0. The fourth-order valence-electron chi connectivity index (χ4n) is 2.67. The van der Waals surface area contributed by atoms with Crippen molar-refractivity contribution in [1.82, 2.24) is 13.7 Å². The van der Waals surface area contributed by atoms with Crippen LogP contribution in [0.2, 0.25) is 0 Å². The lowest BCUT2D eigenvalue weighted by atomic mass is 10.2. The zero-order chi connectivity index (χ0) is 18.4. The van der Waals surface area contributed by atoms with Crippen molar-refractivity contribution in [2.24, 2.45) is 0 Å². The summed E-state index contributed by atoms with van der Waals surface area (Å²) in [7, 11) is 0. The molecule has 0 aliphatic rings. The molecular formula is C15H27N3O6. The SMILES string of the molecule is CC(CCO)n1c(=O)n(C(C)CCO)c(=O)n(C(C)CCO)c1=O. The number of nitrogens with zero attached hydrogens (tertiary/aromatic N) is 3. The van der Waals surface area contributed by atoms with Crippen molar-refractivity contribution in [3.05, 3.63) is 31.5 Å². The summed E-state index contributed by atoms with van der Waals surface area (Å²) in [6, 6.07) is -1.76. The van der Waals surface area contributed by atoms with Gasteiger partial charge in [0, 0.05) is 37.9 Å². The normalized spacial score (nSPS) is 15.2. The Labute approximate surface area is 139 Å². The number of aromatic nitrogens is 3. The topological polar surface area (TPSA) is 127 Å². The minimum Gasteiger partial charge on any atom is -0.396 e. The molecule has 1 rings (SSSR count). The average Bonchev–Trinajstić information content (AvgIpc) is 2.47. The molecule has 0 aliphatic carbocycles. The van der Waals surface area contributed by atoms with Crippen molar-refractivity contribution in [2.75, 3.05) is 19.8 Å². The Morgan fingerprint density at radius 3 is 1.00 bits per heavy atom. The van der Waals surface area contributed by atoms with Crippen molar-refractivity contribution < 1.29 is 15.3 Å². The highest BCUT2D eigenvalue weighted by atomic mass is 16.3. The molecule has 3 atom stereocenters. The Kier molecular flexibility index (Phi) is 7.59. The van der Waals surface area contributed by atoms with Crippen molar-refractivity contribution >= 4 is 0 Å². The van der Waals surface area contributed by atoms with Gasteiger partial charge in [-0.3, -0.25) is 0 Å². The Balaban J connectivity index is 3.75. The van der Waals surface area contributed by atoms with Crippen LogP contribution in [-0.2, 0) is 0 Å². The average molecular weight is 345 g/mol. The summed E-state index contributed by atoms with van der Waals surface area (Å²) in [4.78, 5) is 38.0. The third-order valence-corrected chi connectivity index (χ3v) is 4.20. The standard InChI is InChI=1S/C15H27N3O6/c1-10(4-7-19)16-13(22)17(11(2)5-8-20)15(24)18(14(16)23)12(3)6-9-21/h10-12,19-21H,4-9H2,1-3H3. The van der Waals surface area contributed by atoms with E-state index in [1.807, 2.05) is 0 Å². The molecule has 3 N–H and O–H groups in total. The maximum atomic E-state index is 12.7. The number of hydrogen-bond acceptors (Lipinski definition) is 6. The third-order valence-electron chi connectivity index (χ3n) is 4.20. The van der Waals surface area contributed by atoms with E-state index >= 15 is 0 Å². The molecule has 0 aliphatic heterocycles. The maximum absolute atomic E-state index is 12.7. The van der Waals surface area contributed by atoms with Gasteiger partial charge < -0.3 is 15.3 Å². The second-order valence-corrected chi connectivity index (χ2v) is 6.04. The highest BCUT2D eigenvalue weighted by Gasteiger charge is 2.24. The van der Waals surface area contributed by atoms with Gasteiger partial charge in [-0.1, -0.05) is 0 Å². The molecule has 0 saturated carbocycles. The number of hydrogen-bond donors (Lipinski definition) is 3. The first-order valence-electron chi connectivity index (χ1n) is 8.13. The summed E-state index contributed by atoms with van der Waals surface area (Å²) in [6.07, 6.45) is 0.572. The molecule has 1 aromatic heterocycles. The van der Waals surface area contributed by atoms with Crippen LogP contribution in [0.5, 0.6) is 0 Å². The number of aliphatic hydroxyl groups excluding tert-OH is 3. The Bertz CT molecular complexity index is 579. The number of rotatable bonds is 9. The summed E-state index contributed by atoms with van der Waals surface area (Å²) in [5, 5.41) is 27.3. The van der Waals surface area contributed by atoms with Crippen LogP contribution in [-0.4, -0.2) is 48.8 Å². The summed E-state index contributed by atoms with van der Waals surface area (Å²) in [5.41, 5.74) is -2.25. The van der Waals surface area contributed by atoms with E-state index < -0.39 is 35.2 Å². The molecule has 0 saturated heterocycles. The summed E-state index contributed by atoms with van der Waals surface area (Å²) < 4.78 is 2.87. The molecular weight excluding hydrogens is 318 g/mol. The van der Waals surface area contributed by atoms with E-state index in [4.69, 9.17) is 15.3 Å². The van der Waals surface area contributed by atoms with E-state index in [-0.39, 0.29) is 39.1 Å². The van der Waals surface area contributed by atoms with Gasteiger partial charge in [0.1, 0.15) is 0 Å². The Morgan fingerprint density at radius 2 is 0.833 bits per heavy atom. The first-order valence-corrected chi connectivity index (χ1v) is 8.13. The van der Waals surface area contributed by atoms with Crippen LogP contribution < -0.4 is 17.1 Å². The monoisotopic (exact) mass is 345 g/mol. The zero-order valence-electron chi connectivity index (χ0n) is 14.4. The van der Waals surface area contributed by atoms with Crippen LogP contribution >= 0.6 is 0 Å². The first-order chi connectivity index (χ1) is 11.3. The van der Waals surface area contributed by atoms with Crippen molar-refractivity contribution in [1.29, 1.82) is 0 Å². The van der Waals surface area contributed by atoms with Gasteiger partial charge in [-0.2, -0.15) is 0 Å². The molecule has 138 valence electrons. The molecule has 0 amide bonds. The molecule has 0 aromatic carbocycles. The molecule has 0 bridgehead atoms. The molecule has 3 unspecified atom stereocenters. The van der Waals surface area contributed by atoms with Crippen LogP contribution in [0, 0.1) is 0 Å². The van der Waals surface area contributed by atoms with Gasteiger partial charge in [0.2, 0.25) is 0 Å². The first kappa shape index (κ1) is 20.3. The van der Waals surface area contributed by atoms with E-state index in [2.05, 4.69) is 0 Å². The van der Waals surface area contributed by atoms with Gasteiger partial charge in [0.15, 0.2) is 0 Å². The van der Waals surface area contributed by atoms with E-state index in [1.165, 1.54) is 0 Å². The van der Waals surface area contributed by atoms with Crippen LogP contribution in [0.1, 0.15) is 58.2 Å². The second-order valence-electron chi connectivity index (χ2n) is 6.04. The highest BCUT2D eigenvalue weighted by Crippen LogP contribution is 2.09. The zero-order valence-corrected chi connectivity index (χ0v) is 14.4. The van der Waals surface area contributed by atoms with Crippen LogP contribution in [0.15, 0.2) is 14.4 Å². The van der Waals surface area contributed by atoms with Gasteiger partial charge in [0.25, 0.3) is 0 Å². The largest absolute Gasteiger partial charge is 0.396 e. The number of aliphatic hydroxyl groups is 3. The summed E-state index contributed by atoms with van der Waals surface area (Å²) >= 11 is 0. The predicted octanol–water partition coefficient (Wildman–Crippen LogP) is -0.998. The minimum absolute atomic E-state index is 0.191. The van der Waals surface area contributed by atoms with Gasteiger partial charge in [0.05, 0.1) is 0 Å². The molecule has 9 nitrogen and oxygen atoms in total. The molecule has 0 fully saturated rings. The molecule has 0 spiro atoms. The van der Waals surface area contributed by atoms with Crippen LogP contribution in [0.25, 0.3) is 0 Å². The minimum atomic E-state index is -0.751. The van der Waals surface area contributed by atoms with E-state index in [1.54, 1.807) is 20.8 Å². The van der Waals surface area contributed by atoms with Crippen molar-refractivity contribution in [3.63, 3.8) is 0 Å². The Hall–Kier alpha value is -1.71. The van der Waals surface area contributed by atoms with Crippen LogP contribution in [0.4, 0.5) is 0 Å². The van der Waals surface area contributed by atoms with E-state index in [0.29, 0.717) is 0 Å². The lowest BCUT2D eigenvalue weighted by Gasteiger charge is -2.23. The Morgan fingerprint density at radius 1 is 0.625 bits per heavy atom. The third kappa shape index (κ3) is 4.03.